The van der Waals surface area contributed by atoms with Crippen LogP contribution in [0.4, 0.5) is 4.39 Å². The van der Waals surface area contributed by atoms with Gasteiger partial charge in [0, 0.05) is 6.54 Å². The van der Waals surface area contributed by atoms with Crippen molar-refractivity contribution in [3.8, 4) is 16.4 Å². The summed E-state index contributed by atoms with van der Waals surface area (Å²) in [5.74, 6) is -0.868. The van der Waals surface area contributed by atoms with Crippen molar-refractivity contribution < 1.29 is 14.0 Å². The van der Waals surface area contributed by atoms with Crippen LogP contribution in [0.25, 0.3) is 16.4 Å². The van der Waals surface area contributed by atoms with E-state index < -0.39 is 17.9 Å². The molecule has 3 heterocycles. The van der Waals surface area contributed by atoms with Crippen molar-refractivity contribution in [2.45, 2.75) is 18.9 Å². The summed E-state index contributed by atoms with van der Waals surface area (Å²) < 4.78 is 14.8. The number of hydrogen-bond donors (Lipinski definition) is 1. The molecule has 0 bridgehead atoms. The quantitative estimate of drug-likeness (QED) is 0.745. The van der Waals surface area contributed by atoms with E-state index >= 15 is 0 Å². The molecule has 1 aromatic carbocycles. The minimum absolute atomic E-state index is 0.0177. The first-order valence-electron chi connectivity index (χ1n) is 8.42. The molecule has 2 aromatic heterocycles. The van der Waals surface area contributed by atoms with E-state index in [4.69, 9.17) is 5.73 Å². The molecule has 1 fully saturated rings. The fourth-order valence-corrected chi connectivity index (χ4v) is 3.86. The zero-order valence-electron chi connectivity index (χ0n) is 14.2. The predicted molar refractivity (Wildman–Crippen MR) is 97.9 cm³/mol. The minimum Gasteiger partial charge on any atom is -0.368 e. The van der Waals surface area contributed by atoms with E-state index in [0.29, 0.717) is 30.9 Å². The van der Waals surface area contributed by atoms with Crippen LogP contribution in [0, 0.1) is 5.82 Å². The van der Waals surface area contributed by atoms with Crippen LogP contribution in [-0.4, -0.2) is 44.1 Å². The van der Waals surface area contributed by atoms with Crippen molar-refractivity contribution in [3.63, 3.8) is 0 Å². The maximum atomic E-state index is 13.3. The van der Waals surface area contributed by atoms with Gasteiger partial charge in [-0.1, -0.05) is 6.07 Å². The molecule has 0 saturated carbocycles. The fourth-order valence-electron chi connectivity index (χ4n) is 3.16. The van der Waals surface area contributed by atoms with E-state index in [1.54, 1.807) is 12.1 Å². The second-order valence-corrected chi connectivity index (χ2v) is 7.13. The summed E-state index contributed by atoms with van der Waals surface area (Å²) in [4.78, 5) is 31.2. The van der Waals surface area contributed by atoms with E-state index in [-0.39, 0.29) is 11.6 Å². The summed E-state index contributed by atoms with van der Waals surface area (Å²) in [5.41, 5.74) is 5.99. The molecule has 2 amide bonds. The highest BCUT2D eigenvalue weighted by Crippen LogP contribution is 2.27. The number of amides is 2. The third-order valence-corrected chi connectivity index (χ3v) is 5.32. The highest BCUT2D eigenvalue weighted by molar-refractivity contribution is 7.13. The molecule has 138 valence electrons. The van der Waals surface area contributed by atoms with Crippen LogP contribution in [0.5, 0.6) is 0 Å². The van der Waals surface area contributed by atoms with Gasteiger partial charge in [-0.05, 0) is 48.6 Å². The maximum Gasteiger partial charge on any atom is 0.294 e. The molecule has 1 aliphatic rings. The van der Waals surface area contributed by atoms with Crippen LogP contribution in [0.15, 0.2) is 41.8 Å². The third kappa shape index (κ3) is 3.21. The lowest BCUT2D eigenvalue weighted by molar-refractivity contribution is -0.121. The number of halogens is 1. The third-order valence-electron chi connectivity index (χ3n) is 4.45. The van der Waals surface area contributed by atoms with E-state index in [2.05, 4.69) is 10.1 Å². The van der Waals surface area contributed by atoms with E-state index in [1.165, 1.54) is 33.1 Å². The first-order valence-corrected chi connectivity index (χ1v) is 9.30. The largest absolute Gasteiger partial charge is 0.368 e. The standard InChI is InChI=1S/C18H16FN5O2S/c19-11-5-7-12(8-6-11)24-17(14-4-2-10-27-14)21-16(22-24)18(26)23-9-1-3-13(23)15(20)25/h2,4-8,10,13H,1,3,9H2,(H2,20,25)/t13-/m1/s1. The number of carbonyl (C=O) groups is 2. The number of primary amides is 1. The Bertz CT molecular complexity index is 984. The molecule has 2 N–H and O–H groups in total. The zero-order chi connectivity index (χ0) is 19.0. The summed E-state index contributed by atoms with van der Waals surface area (Å²) in [6, 6.07) is 8.87. The maximum absolute atomic E-state index is 13.3. The van der Waals surface area contributed by atoms with Gasteiger partial charge in [0.05, 0.1) is 10.6 Å². The van der Waals surface area contributed by atoms with E-state index in [1.807, 2.05) is 17.5 Å². The molecule has 0 spiro atoms. The molecule has 9 heteroatoms. The second kappa shape index (κ2) is 6.92. The molecular formula is C18H16FN5O2S. The fraction of sp³-hybridized carbons (Fsp3) is 0.222. The first kappa shape index (κ1) is 17.3. The van der Waals surface area contributed by atoms with Crippen molar-refractivity contribution in [1.29, 1.82) is 0 Å². The average Bonchev–Trinajstić information content (AvgIpc) is 3.40. The van der Waals surface area contributed by atoms with Gasteiger partial charge >= 0.3 is 0 Å². The van der Waals surface area contributed by atoms with Crippen LogP contribution in [0.3, 0.4) is 0 Å². The molecule has 3 aromatic rings. The lowest BCUT2D eigenvalue weighted by Crippen LogP contribution is -2.44. The number of nitrogens with zero attached hydrogens (tertiary/aromatic N) is 4. The lowest BCUT2D eigenvalue weighted by Gasteiger charge is -2.20. The number of carbonyl (C=O) groups excluding carboxylic acids is 2. The second-order valence-electron chi connectivity index (χ2n) is 6.18. The highest BCUT2D eigenvalue weighted by atomic mass is 32.1. The van der Waals surface area contributed by atoms with Gasteiger partial charge in [0.25, 0.3) is 5.91 Å². The molecule has 27 heavy (non-hydrogen) atoms. The Balaban J connectivity index is 1.76. The van der Waals surface area contributed by atoms with E-state index in [0.717, 1.165) is 4.88 Å². The topological polar surface area (TPSA) is 94.1 Å². The Morgan fingerprint density at radius 3 is 2.67 bits per heavy atom. The summed E-state index contributed by atoms with van der Waals surface area (Å²) in [6.45, 7) is 0.436. The average molecular weight is 385 g/mol. The van der Waals surface area contributed by atoms with Crippen molar-refractivity contribution in [2.75, 3.05) is 6.54 Å². The Hall–Kier alpha value is -3.07. The summed E-state index contributed by atoms with van der Waals surface area (Å²) in [7, 11) is 0. The van der Waals surface area contributed by atoms with Crippen LogP contribution in [0.1, 0.15) is 23.5 Å². The number of thiophene rings is 1. The number of aromatic nitrogens is 3. The molecule has 0 radical (unpaired) electrons. The van der Waals surface area contributed by atoms with E-state index in [9.17, 15) is 14.0 Å². The van der Waals surface area contributed by atoms with Gasteiger partial charge in [-0.2, -0.15) is 0 Å². The number of nitrogens with two attached hydrogens (primary N) is 1. The van der Waals surface area contributed by atoms with Crippen molar-refractivity contribution in [2.24, 2.45) is 5.73 Å². The number of benzene rings is 1. The number of likely N-dealkylation sites (tertiary alicyclic amines) is 1. The molecule has 7 nitrogen and oxygen atoms in total. The van der Waals surface area contributed by atoms with Crippen molar-refractivity contribution in [1.82, 2.24) is 19.7 Å². The Morgan fingerprint density at radius 2 is 2.00 bits per heavy atom. The number of hydrogen-bond acceptors (Lipinski definition) is 5. The summed E-state index contributed by atoms with van der Waals surface area (Å²) >= 11 is 1.45. The van der Waals surface area contributed by atoms with Crippen LogP contribution in [-0.2, 0) is 4.79 Å². The predicted octanol–water partition coefficient (Wildman–Crippen LogP) is 2.22. The molecule has 0 aliphatic carbocycles. The molecule has 4 rings (SSSR count). The number of rotatable bonds is 4. The summed E-state index contributed by atoms with van der Waals surface area (Å²) in [5, 5.41) is 6.24. The molecule has 1 atom stereocenters. The normalized spacial score (nSPS) is 16.6. The first-order chi connectivity index (χ1) is 13.0. The Morgan fingerprint density at radius 1 is 1.22 bits per heavy atom. The van der Waals surface area contributed by atoms with Gasteiger partial charge in [0.1, 0.15) is 11.9 Å². The Labute approximate surface area is 158 Å². The van der Waals surface area contributed by atoms with Gasteiger partial charge in [0.15, 0.2) is 5.82 Å². The minimum atomic E-state index is -0.638. The van der Waals surface area contributed by atoms with Crippen LogP contribution >= 0.6 is 11.3 Å². The van der Waals surface area contributed by atoms with Gasteiger partial charge in [0.2, 0.25) is 11.7 Å². The SMILES string of the molecule is NC(=O)[C@H]1CCCN1C(=O)c1nc(-c2cccs2)n(-c2ccc(F)cc2)n1. The molecule has 1 aliphatic heterocycles. The monoisotopic (exact) mass is 385 g/mol. The van der Waals surface area contributed by atoms with Gasteiger partial charge < -0.3 is 10.6 Å². The van der Waals surface area contributed by atoms with Gasteiger partial charge in [-0.25, -0.2) is 14.1 Å². The summed E-state index contributed by atoms with van der Waals surface area (Å²) in [6.07, 6.45) is 1.24. The molecular weight excluding hydrogens is 369 g/mol. The zero-order valence-corrected chi connectivity index (χ0v) is 15.0. The lowest BCUT2D eigenvalue weighted by atomic mass is 10.2. The van der Waals surface area contributed by atoms with Gasteiger partial charge in [-0.15, -0.1) is 16.4 Å². The molecule has 0 unspecified atom stereocenters. The van der Waals surface area contributed by atoms with Crippen LogP contribution in [0.2, 0.25) is 0 Å². The van der Waals surface area contributed by atoms with Gasteiger partial charge in [-0.3, -0.25) is 9.59 Å². The smallest absolute Gasteiger partial charge is 0.294 e. The van der Waals surface area contributed by atoms with Crippen molar-refractivity contribution in [3.05, 3.63) is 53.4 Å². The highest BCUT2D eigenvalue weighted by Gasteiger charge is 2.35. The van der Waals surface area contributed by atoms with Crippen molar-refractivity contribution >= 4 is 23.2 Å². The van der Waals surface area contributed by atoms with Crippen LogP contribution < -0.4 is 5.73 Å². The Kier molecular flexibility index (Phi) is 4.44. The molecule has 1 saturated heterocycles.